The molecule has 0 bridgehead atoms. The largest absolute Gasteiger partial charge is 0.313 e. The lowest BCUT2D eigenvalue weighted by Gasteiger charge is -2.34. The van der Waals surface area contributed by atoms with Gasteiger partial charge in [0.05, 0.1) is 38.9 Å². The van der Waals surface area contributed by atoms with E-state index in [0.29, 0.717) is 0 Å². The Balaban J connectivity index is 0.810. The summed E-state index contributed by atoms with van der Waals surface area (Å²) < 4.78 is 4.96. The number of benzene rings is 10. The Morgan fingerprint density at radius 1 is 0.446 bits per heavy atom. The molecule has 16 rings (SSSR count). The number of allylic oxidation sites excluding steroid dienone is 8. The van der Waals surface area contributed by atoms with Crippen LogP contribution in [-0.4, -0.2) is 19.1 Å². The van der Waals surface area contributed by atoms with Crippen LogP contribution in [0.5, 0.6) is 0 Å². The third-order valence-corrected chi connectivity index (χ3v) is 17.8. The first-order valence-electron chi connectivity index (χ1n) is 28.9. The van der Waals surface area contributed by atoms with E-state index in [1.165, 1.54) is 105 Å². The van der Waals surface area contributed by atoms with E-state index < -0.39 is 5.41 Å². The molecule has 0 N–H and O–H groups in total. The Kier molecular flexibility index (Phi) is 11.5. The molecule has 13 aromatic rings. The van der Waals surface area contributed by atoms with Crippen LogP contribution in [0.15, 0.2) is 292 Å². The second-order valence-electron chi connectivity index (χ2n) is 22.4. The lowest BCUT2D eigenvalue weighted by atomic mass is 9.67. The minimum atomic E-state index is -0.557. The molecule has 0 saturated carbocycles. The minimum absolute atomic E-state index is 0.0325. The zero-order chi connectivity index (χ0) is 55.0. The van der Waals surface area contributed by atoms with Crippen molar-refractivity contribution in [3.8, 4) is 33.6 Å². The van der Waals surface area contributed by atoms with E-state index in [2.05, 4.69) is 301 Å². The van der Waals surface area contributed by atoms with Gasteiger partial charge in [-0.05, 0) is 116 Å². The van der Waals surface area contributed by atoms with Crippen molar-refractivity contribution in [3.63, 3.8) is 0 Å². The summed E-state index contributed by atoms with van der Waals surface area (Å²) in [6.07, 6.45) is 15.5. The highest BCUT2D eigenvalue weighted by Gasteiger charge is 2.46. The summed E-state index contributed by atoms with van der Waals surface area (Å²) in [5, 5.41) is 4.97. The van der Waals surface area contributed by atoms with Gasteiger partial charge in [-0.25, -0.2) is 9.97 Å². The fourth-order valence-electron chi connectivity index (χ4n) is 14.0. The average Bonchev–Trinajstić information content (AvgIpc) is 4.37. The summed E-state index contributed by atoms with van der Waals surface area (Å²) in [5.74, 6) is 0.700. The smallest absolute Gasteiger partial charge is 0.159 e. The molecule has 0 saturated heterocycles. The maximum atomic E-state index is 5.56. The summed E-state index contributed by atoms with van der Waals surface area (Å²) in [5.41, 5.74) is 23.1. The molecule has 0 radical (unpaired) electrons. The number of hydrogen-bond acceptors (Lipinski definition) is 2. The van der Waals surface area contributed by atoms with Gasteiger partial charge in [0.1, 0.15) is 0 Å². The van der Waals surface area contributed by atoms with E-state index in [1.807, 2.05) is 6.08 Å². The maximum absolute atomic E-state index is 5.56. The van der Waals surface area contributed by atoms with Gasteiger partial charge in [0.2, 0.25) is 0 Å². The van der Waals surface area contributed by atoms with Gasteiger partial charge < -0.3 is 9.13 Å². The summed E-state index contributed by atoms with van der Waals surface area (Å²) in [6.45, 7) is 4.01. The first-order chi connectivity index (χ1) is 41.1. The zero-order valence-corrected chi connectivity index (χ0v) is 45.8. The molecule has 0 amide bonds. The molecule has 0 spiro atoms. The predicted octanol–water partition coefficient (Wildman–Crippen LogP) is 19.7. The van der Waals surface area contributed by atoms with Crippen molar-refractivity contribution < 1.29 is 0 Å². The van der Waals surface area contributed by atoms with Crippen LogP contribution in [0.2, 0.25) is 0 Å². The van der Waals surface area contributed by atoms with Gasteiger partial charge in [0.15, 0.2) is 5.82 Å². The lowest BCUT2D eigenvalue weighted by Crippen LogP contribution is -2.28. The van der Waals surface area contributed by atoms with Crippen molar-refractivity contribution in [2.24, 2.45) is 0 Å². The van der Waals surface area contributed by atoms with Crippen LogP contribution in [0.3, 0.4) is 0 Å². The summed E-state index contributed by atoms with van der Waals surface area (Å²) in [6, 6.07) is 93.3. The lowest BCUT2D eigenvalue weighted by molar-refractivity contribution is 0.764. The van der Waals surface area contributed by atoms with Crippen molar-refractivity contribution in [2.75, 3.05) is 0 Å². The zero-order valence-electron chi connectivity index (χ0n) is 45.8. The van der Waals surface area contributed by atoms with Crippen LogP contribution < -0.4 is 0 Å². The van der Waals surface area contributed by atoms with Gasteiger partial charge >= 0.3 is 0 Å². The Bertz CT molecular complexity index is 4710. The molecule has 2 atom stereocenters. The van der Waals surface area contributed by atoms with Crippen LogP contribution in [-0.2, 0) is 5.41 Å². The van der Waals surface area contributed by atoms with Gasteiger partial charge in [0.25, 0.3) is 0 Å². The van der Waals surface area contributed by atoms with E-state index in [9.17, 15) is 0 Å². The van der Waals surface area contributed by atoms with Crippen LogP contribution >= 0.6 is 0 Å². The standard InChI is InChI=1S/C79H56N4/c1-2-52-34-36-53(37-35-52)57-42-44-64-65-45-43-58(49-71(65)79(70(64)48-57,60-22-8-4-9-23-60)61-24-10-5-11-25-61)54-38-40-55(41-39-54)72-51-73(81-78(80-72)56-20-6-3-7-21-56)59-46-62(82-74-30-16-12-26-66(74)67-27-13-17-31-75(67)82)50-63(47-59)83-76-32-18-14-28-68(76)69-29-15-19-33-77(69)83/h2-40,42-46,48-51,55,59H,1,41,47H2. The molecule has 10 aromatic carbocycles. The predicted molar refractivity (Wildman–Crippen MR) is 346 cm³/mol. The van der Waals surface area contributed by atoms with Gasteiger partial charge in [-0.1, -0.05) is 249 Å². The van der Waals surface area contributed by atoms with Crippen LogP contribution in [0.25, 0.3) is 100 Å². The number of hydrogen-bond donors (Lipinski definition) is 0. The van der Waals surface area contributed by atoms with Crippen molar-refractivity contribution in [1.82, 2.24) is 19.1 Å². The molecule has 4 heteroatoms. The van der Waals surface area contributed by atoms with Crippen LogP contribution in [0.4, 0.5) is 0 Å². The highest BCUT2D eigenvalue weighted by atomic mass is 15.0. The summed E-state index contributed by atoms with van der Waals surface area (Å²) in [7, 11) is 0. The maximum Gasteiger partial charge on any atom is 0.159 e. The van der Waals surface area contributed by atoms with E-state index in [-0.39, 0.29) is 11.8 Å². The highest BCUT2D eigenvalue weighted by molar-refractivity contribution is 6.12. The summed E-state index contributed by atoms with van der Waals surface area (Å²) in [4.78, 5) is 11.0. The SMILES string of the molecule is C=Cc1ccc(-c2ccc3c(c2)C(c2ccccc2)(c2ccccc2)c2cc(C4=CCC(c5cc(C6C=C(n7c8ccccc8c8ccccc87)C=C(n7c8ccccc8c8ccccc87)C6)nc(-c6ccccc6)n5)C=C4)ccc2-3)cc1. The molecule has 3 heterocycles. The van der Waals surface area contributed by atoms with Crippen molar-refractivity contribution in [3.05, 3.63) is 337 Å². The van der Waals surface area contributed by atoms with Crippen LogP contribution in [0.1, 0.15) is 69.4 Å². The van der Waals surface area contributed by atoms with E-state index in [4.69, 9.17) is 9.97 Å². The van der Waals surface area contributed by atoms with Crippen molar-refractivity contribution >= 4 is 66.7 Å². The van der Waals surface area contributed by atoms with Gasteiger partial charge in [-0.2, -0.15) is 0 Å². The quantitative estimate of drug-likeness (QED) is 0.137. The molecule has 83 heavy (non-hydrogen) atoms. The molecular weight excluding hydrogens is 1000 g/mol. The molecule has 0 aliphatic heterocycles. The van der Waals surface area contributed by atoms with Crippen LogP contribution in [0, 0.1) is 0 Å². The molecule has 3 aliphatic carbocycles. The first kappa shape index (κ1) is 48.5. The molecule has 0 fully saturated rings. The average molecular weight is 1060 g/mol. The molecule has 392 valence electrons. The van der Waals surface area contributed by atoms with Gasteiger partial charge in [-0.3, -0.25) is 0 Å². The Morgan fingerprint density at radius 3 is 1.47 bits per heavy atom. The number of aromatic nitrogens is 4. The van der Waals surface area contributed by atoms with Crippen molar-refractivity contribution in [1.29, 1.82) is 0 Å². The second kappa shape index (κ2) is 19.7. The highest BCUT2D eigenvalue weighted by Crippen LogP contribution is 2.57. The minimum Gasteiger partial charge on any atom is -0.313 e. The summed E-state index contributed by atoms with van der Waals surface area (Å²) >= 11 is 0. The van der Waals surface area contributed by atoms with E-state index in [1.54, 1.807) is 0 Å². The van der Waals surface area contributed by atoms with E-state index in [0.717, 1.165) is 46.9 Å². The molecule has 3 aliphatic rings. The van der Waals surface area contributed by atoms with E-state index >= 15 is 0 Å². The Labute approximate surface area is 483 Å². The molecule has 3 aromatic heterocycles. The molecular formula is C79H56N4. The normalized spacial score (nSPS) is 16.2. The van der Waals surface area contributed by atoms with Gasteiger partial charge in [-0.15, -0.1) is 0 Å². The number of rotatable bonds is 10. The topological polar surface area (TPSA) is 35.6 Å². The Hall–Kier alpha value is -10.4. The molecule has 2 unspecified atom stereocenters. The number of nitrogens with zero attached hydrogens (tertiary/aromatic N) is 4. The van der Waals surface area contributed by atoms with Gasteiger partial charge in [0, 0.05) is 56.8 Å². The Morgan fingerprint density at radius 2 is 0.928 bits per heavy atom. The third kappa shape index (κ3) is 7.89. The fourth-order valence-corrected chi connectivity index (χ4v) is 14.0. The number of para-hydroxylation sites is 4. The number of fused-ring (bicyclic) bond motifs is 9. The van der Waals surface area contributed by atoms with Crippen molar-refractivity contribution in [2.45, 2.75) is 30.1 Å². The first-order valence-corrected chi connectivity index (χ1v) is 28.9. The third-order valence-electron chi connectivity index (χ3n) is 17.8. The molecule has 4 nitrogen and oxygen atoms in total. The monoisotopic (exact) mass is 1060 g/mol. The second-order valence-corrected chi connectivity index (χ2v) is 22.4. The fraction of sp³-hybridized carbons (Fsp3) is 0.0633.